The number of hydrogen-bond acceptors (Lipinski definition) is 8. The fourth-order valence-corrected chi connectivity index (χ4v) is 5.80. The van der Waals surface area contributed by atoms with Gasteiger partial charge in [-0.3, -0.25) is 0 Å². The van der Waals surface area contributed by atoms with Crippen LogP contribution in [0.5, 0.6) is 0 Å². The van der Waals surface area contributed by atoms with Gasteiger partial charge in [0.1, 0.15) is 11.6 Å². The number of aromatic nitrogens is 2. The molecule has 34 heavy (non-hydrogen) atoms. The lowest BCUT2D eigenvalue weighted by Gasteiger charge is -2.30. The van der Waals surface area contributed by atoms with E-state index in [0.717, 1.165) is 63.5 Å². The Morgan fingerprint density at radius 1 is 0.824 bits per heavy atom. The molecule has 0 radical (unpaired) electrons. The van der Waals surface area contributed by atoms with E-state index < -0.39 is 0 Å². The van der Waals surface area contributed by atoms with Crippen LogP contribution >= 0.6 is 0 Å². The second-order valence-corrected chi connectivity index (χ2v) is 10.7. The highest BCUT2D eigenvalue weighted by molar-refractivity contribution is 5.51. The lowest BCUT2D eigenvalue weighted by atomic mass is 9.82. The van der Waals surface area contributed by atoms with Crippen molar-refractivity contribution in [3.05, 3.63) is 6.07 Å². The minimum absolute atomic E-state index is 0.546. The van der Waals surface area contributed by atoms with Crippen LogP contribution in [0.25, 0.3) is 0 Å². The van der Waals surface area contributed by atoms with Crippen LogP contribution in [0.3, 0.4) is 0 Å². The van der Waals surface area contributed by atoms with Crippen molar-refractivity contribution in [3.63, 3.8) is 0 Å². The molecule has 8 heteroatoms. The third-order valence-corrected chi connectivity index (χ3v) is 7.99. The molecule has 8 nitrogen and oxygen atoms in total. The topological polar surface area (TPSA) is 103 Å². The van der Waals surface area contributed by atoms with Gasteiger partial charge in [0.25, 0.3) is 0 Å². The van der Waals surface area contributed by atoms with Crippen LogP contribution in [0.4, 0.5) is 17.6 Å². The monoisotopic (exact) mass is 472 g/mol. The zero-order chi connectivity index (χ0) is 23.4. The van der Waals surface area contributed by atoms with Crippen molar-refractivity contribution in [3.8, 4) is 0 Å². The summed E-state index contributed by atoms with van der Waals surface area (Å²) in [6.07, 6.45) is 13.7. The first-order valence-electron chi connectivity index (χ1n) is 14.0. The maximum Gasteiger partial charge on any atom is 0.226 e. The molecule has 0 unspecified atom stereocenters. The average molecular weight is 473 g/mol. The van der Waals surface area contributed by atoms with Gasteiger partial charge in [-0.1, -0.05) is 19.3 Å². The Balaban J connectivity index is 1.05. The zero-order valence-electron chi connectivity index (χ0n) is 21.2. The van der Waals surface area contributed by atoms with Gasteiger partial charge in [0.05, 0.1) is 0 Å². The molecule has 0 aromatic carbocycles. The maximum absolute atomic E-state index is 6.07. The summed E-state index contributed by atoms with van der Waals surface area (Å²) in [6.45, 7) is 9.55. The molecule has 0 amide bonds. The van der Waals surface area contributed by atoms with Gasteiger partial charge in [-0.15, -0.1) is 0 Å². The fraction of sp³-hybridized carbons (Fsp3) is 0.846. The highest BCUT2D eigenvalue weighted by Gasteiger charge is 2.21. The molecule has 1 aliphatic heterocycles. The molecule has 0 spiro atoms. The van der Waals surface area contributed by atoms with E-state index >= 15 is 0 Å². The van der Waals surface area contributed by atoms with Gasteiger partial charge in [-0.05, 0) is 88.9 Å². The number of rotatable bonds is 12. The minimum atomic E-state index is 0.546. The quantitative estimate of drug-likeness (QED) is 0.296. The number of piperazine rings is 1. The van der Waals surface area contributed by atoms with Crippen molar-refractivity contribution < 1.29 is 0 Å². The molecule has 2 aliphatic carbocycles. The summed E-state index contributed by atoms with van der Waals surface area (Å²) < 4.78 is 0. The van der Waals surface area contributed by atoms with Crippen LogP contribution in [0.15, 0.2) is 6.07 Å². The number of nitrogens with zero attached hydrogens (tertiary/aromatic N) is 3. The fourth-order valence-electron chi connectivity index (χ4n) is 5.80. The molecule has 0 bridgehead atoms. The Labute approximate surface area is 206 Å². The number of anilines is 3. The van der Waals surface area contributed by atoms with E-state index in [2.05, 4.69) is 31.2 Å². The number of nitrogens with one attached hydrogen (secondary N) is 4. The molecule has 192 valence electrons. The van der Waals surface area contributed by atoms with Crippen molar-refractivity contribution in [2.75, 3.05) is 74.9 Å². The summed E-state index contributed by atoms with van der Waals surface area (Å²) in [5.41, 5.74) is 6.07. The van der Waals surface area contributed by atoms with Crippen LogP contribution in [0.1, 0.15) is 64.2 Å². The van der Waals surface area contributed by atoms with Crippen LogP contribution in [0.2, 0.25) is 0 Å². The summed E-state index contributed by atoms with van der Waals surface area (Å²) >= 11 is 0. The Morgan fingerprint density at radius 2 is 1.44 bits per heavy atom. The van der Waals surface area contributed by atoms with Crippen LogP contribution in [-0.2, 0) is 0 Å². The van der Waals surface area contributed by atoms with Gasteiger partial charge in [0.2, 0.25) is 5.95 Å². The molecule has 1 saturated heterocycles. The average Bonchev–Trinajstić information content (AvgIpc) is 2.88. The Morgan fingerprint density at radius 3 is 2.12 bits per heavy atom. The van der Waals surface area contributed by atoms with Crippen molar-refractivity contribution >= 4 is 17.6 Å². The second kappa shape index (κ2) is 14.0. The maximum atomic E-state index is 6.07. The zero-order valence-corrected chi connectivity index (χ0v) is 21.2. The molecule has 3 fully saturated rings. The molecule has 3 aliphatic rings. The first-order valence-corrected chi connectivity index (χ1v) is 14.0. The lowest BCUT2D eigenvalue weighted by Crippen LogP contribution is -2.44. The minimum Gasteiger partial charge on any atom is -0.383 e. The number of hydrogen-bond donors (Lipinski definition) is 5. The van der Waals surface area contributed by atoms with Crippen molar-refractivity contribution in [2.45, 2.75) is 64.2 Å². The van der Waals surface area contributed by atoms with Gasteiger partial charge >= 0.3 is 0 Å². The third kappa shape index (κ3) is 8.54. The second-order valence-electron chi connectivity index (χ2n) is 10.7. The molecule has 6 N–H and O–H groups in total. The molecule has 2 saturated carbocycles. The van der Waals surface area contributed by atoms with Gasteiger partial charge in [0, 0.05) is 38.8 Å². The van der Waals surface area contributed by atoms with E-state index in [1.165, 1.54) is 77.3 Å². The Kier molecular flexibility index (Phi) is 10.5. The van der Waals surface area contributed by atoms with Gasteiger partial charge in [-0.25, -0.2) is 0 Å². The summed E-state index contributed by atoms with van der Waals surface area (Å²) in [5, 5.41) is 14.3. The van der Waals surface area contributed by atoms with Crippen LogP contribution in [0, 0.1) is 17.8 Å². The normalized spacial score (nSPS) is 24.3. The summed E-state index contributed by atoms with van der Waals surface area (Å²) in [5.74, 6) is 4.63. The van der Waals surface area contributed by atoms with Gasteiger partial charge in [0.15, 0.2) is 0 Å². The smallest absolute Gasteiger partial charge is 0.226 e. The molecule has 1 aromatic rings. The third-order valence-electron chi connectivity index (χ3n) is 7.99. The molecular weight excluding hydrogens is 424 g/mol. The molecule has 0 atom stereocenters. The van der Waals surface area contributed by atoms with Crippen molar-refractivity contribution in [2.24, 2.45) is 17.8 Å². The molecular formula is C26H48N8. The van der Waals surface area contributed by atoms with E-state index in [0.29, 0.717) is 17.7 Å². The lowest BCUT2D eigenvalue weighted by molar-refractivity contribution is 0.275. The predicted octanol–water partition coefficient (Wildman–Crippen LogP) is 2.84. The Hall–Kier alpha value is -1.64. The highest BCUT2D eigenvalue weighted by Crippen LogP contribution is 2.29. The van der Waals surface area contributed by atoms with E-state index in [4.69, 9.17) is 10.7 Å². The molecule has 1 aromatic heterocycles. The van der Waals surface area contributed by atoms with Gasteiger partial charge < -0.3 is 31.9 Å². The SMILES string of the molecule is Nc1cc(N2CCNCC2)nc(NCC2CCC(CNCCCNCC3CCCCC3)CC2)n1. The van der Waals surface area contributed by atoms with Crippen LogP contribution in [-0.4, -0.2) is 68.9 Å². The standard InChI is InChI=1S/C26H48N8/c27-24-17-25(34-15-13-28-14-16-34)33-26(32-24)31-20-23-9-7-22(8-10-23)19-30-12-4-11-29-18-21-5-2-1-3-6-21/h17,21-23,28-30H,1-16,18-20H2,(H3,27,31,32,33). The first-order chi connectivity index (χ1) is 16.8. The number of nitrogens with two attached hydrogens (primary N) is 1. The van der Waals surface area contributed by atoms with E-state index in [-0.39, 0.29) is 0 Å². The van der Waals surface area contributed by atoms with Crippen molar-refractivity contribution in [1.82, 2.24) is 25.9 Å². The predicted molar refractivity (Wildman–Crippen MR) is 142 cm³/mol. The highest BCUT2D eigenvalue weighted by atomic mass is 15.3. The summed E-state index contributed by atoms with van der Waals surface area (Å²) in [6, 6.07) is 1.89. The van der Waals surface area contributed by atoms with E-state index in [1.54, 1.807) is 0 Å². The number of nitrogen functional groups attached to an aromatic ring is 1. The molecule has 2 heterocycles. The first kappa shape index (κ1) is 25.5. The van der Waals surface area contributed by atoms with Crippen LogP contribution < -0.4 is 31.9 Å². The summed E-state index contributed by atoms with van der Waals surface area (Å²) in [4.78, 5) is 11.4. The molecule has 4 rings (SSSR count). The van der Waals surface area contributed by atoms with E-state index in [9.17, 15) is 0 Å². The van der Waals surface area contributed by atoms with Crippen molar-refractivity contribution in [1.29, 1.82) is 0 Å². The van der Waals surface area contributed by atoms with Gasteiger partial charge in [-0.2, -0.15) is 9.97 Å². The Bertz CT molecular complexity index is 694. The van der Waals surface area contributed by atoms with E-state index in [1.807, 2.05) is 6.07 Å². The largest absolute Gasteiger partial charge is 0.383 e. The summed E-state index contributed by atoms with van der Waals surface area (Å²) in [7, 11) is 0.